The van der Waals surface area contributed by atoms with E-state index in [0.717, 1.165) is 38.9 Å². The van der Waals surface area contributed by atoms with Crippen molar-refractivity contribution in [3.63, 3.8) is 0 Å². The summed E-state index contributed by atoms with van der Waals surface area (Å²) in [5.41, 5.74) is 0. The van der Waals surface area contributed by atoms with Gasteiger partial charge < -0.3 is 10.6 Å². The molecular formula is C9H19ClN2O. The summed E-state index contributed by atoms with van der Waals surface area (Å²) in [5, 5.41) is 6.15. The molecule has 0 bridgehead atoms. The monoisotopic (exact) mass is 206 g/mol. The van der Waals surface area contributed by atoms with Gasteiger partial charge in [0.25, 0.3) is 0 Å². The van der Waals surface area contributed by atoms with Crippen molar-refractivity contribution in [1.82, 2.24) is 10.6 Å². The number of carbonyl (C=O) groups excluding carboxylic acids is 1. The number of hydrogen-bond acceptors (Lipinski definition) is 2. The van der Waals surface area contributed by atoms with Crippen LogP contribution in [0.25, 0.3) is 0 Å². The summed E-state index contributed by atoms with van der Waals surface area (Å²) in [6.45, 7) is 4.81. The van der Waals surface area contributed by atoms with Crippen LogP contribution in [-0.2, 0) is 4.79 Å². The van der Waals surface area contributed by atoms with E-state index in [9.17, 15) is 4.79 Å². The lowest BCUT2D eigenvalue weighted by Crippen LogP contribution is -2.40. The fourth-order valence-corrected chi connectivity index (χ4v) is 1.47. The van der Waals surface area contributed by atoms with Crippen LogP contribution < -0.4 is 10.6 Å². The zero-order valence-electron chi connectivity index (χ0n) is 8.14. The second-order valence-electron chi connectivity index (χ2n) is 3.33. The standard InChI is InChI=1S/C9H18N2O.ClH/c1-2-5-11-9(12)8-4-3-6-10-7-8;/h8,10H,2-7H2,1H3,(H,11,12);1H. The predicted molar refractivity (Wildman–Crippen MR) is 56.1 cm³/mol. The Morgan fingerprint density at radius 1 is 1.62 bits per heavy atom. The Kier molecular flexibility index (Phi) is 7.00. The van der Waals surface area contributed by atoms with Gasteiger partial charge in [-0.15, -0.1) is 12.4 Å². The summed E-state index contributed by atoms with van der Waals surface area (Å²) in [6, 6.07) is 0. The van der Waals surface area contributed by atoms with Crippen LogP contribution in [0.15, 0.2) is 0 Å². The minimum absolute atomic E-state index is 0. The van der Waals surface area contributed by atoms with Gasteiger partial charge in [0.15, 0.2) is 0 Å². The second-order valence-corrected chi connectivity index (χ2v) is 3.33. The van der Waals surface area contributed by atoms with Gasteiger partial charge in [0, 0.05) is 13.1 Å². The van der Waals surface area contributed by atoms with Gasteiger partial charge in [0.2, 0.25) is 5.91 Å². The summed E-state index contributed by atoms with van der Waals surface area (Å²) in [6.07, 6.45) is 3.19. The van der Waals surface area contributed by atoms with Crippen LogP contribution in [0, 0.1) is 5.92 Å². The van der Waals surface area contributed by atoms with Crippen molar-refractivity contribution in [3.05, 3.63) is 0 Å². The van der Waals surface area contributed by atoms with Crippen LogP contribution in [0.5, 0.6) is 0 Å². The van der Waals surface area contributed by atoms with Gasteiger partial charge in [-0.3, -0.25) is 4.79 Å². The molecule has 2 N–H and O–H groups in total. The molecule has 4 heteroatoms. The normalized spacial score (nSPS) is 21.8. The van der Waals surface area contributed by atoms with Crippen molar-refractivity contribution in [2.45, 2.75) is 26.2 Å². The zero-order valence-corrected chi connectivity index (χ0v) is 8.95. The molecule has 1 aliphatic heterocycles. The molecule has 13 heavy (non-hydrogen) atoms. The van der Waals surface area contributed by atoms with E-state index >= 15 is 0 Å². The average Bonchev–Trinajstić information content (AvgIpc) is 2.15. The van der Waals surface area contributed by atoms with Crippen LogP contribution in [-0.4, -0.2) is 25.5 Å². The Labute approximate surface area is 86.1 Å². The van der Waals surface area contributed by atoms with Gasteiger partial charge in [-0.2, -0.15) is 0 Å². The summed E-state index contributed by atoms with van der Waals surface area (Å²) in [4.78, 5) is 11.4. The molecule has 0 saturated carbocycles. The number of hydrogen-bond donors (Lipinski definition) is 2. The third-order valence-electron chi connectivity index (χ3n) is 2.22. The number of amides is 1. The predicted octanol–water partition coefficient (Wildman–Crippen LogP) is 0.934. The maximum Gasteiger partial charge on any atom is 0.224 e. The number of piperidine rings is 1. The van der Waals surface area contributed by atoms with Crippen molar-refractivity contribution < 1.29 is 4.79 Å². The fraction of sp³-hybridized carbons (Fsp3) is 0.889. The molecule has 3 nitrogen and oxygen atoms in total. The van der Waals surface area contributed by atoms with Crippen LogP contribution in [0.2, 0.25) is 0 Å². The molecule has 1 amide bonds. The molecule has 1 rings (SSSR count). The molecular weight excluding hydrogens is 188 g/mol. The van der Waals surface area contributed by atoms with E-state index in [2.05, 4.69) is 17.6 Å². The SMILES string of the molecule is CCCNC(=O)C1CCCNC1.Cl. The number of nitrogens with one attached hydrogen (secondary N) is 2. The largest absolute Gasteiger partial charge is 0.356 e. The molecule has 0 radical (unpaired) electrons. The maximum atomic E-state index is 11.4. The molecule has 0 spiro atoms. The van der Waals surface area contributed by atoms with Crippen LogP contribution >= 0.6 is 12.4 Å². The van der Waals surface area contributed by atoms with Crippen molar-refractivity contribution in [2.75, 3.05) is 19.6 Å². The summed E-state index contributed by atoms with van der Waals surface area (Å²) in [5.74, 6) is 0.439. The highest BCUT2D eigenvalue weighted by Crippen LogP contribution is 2.09. The Bertz CT molecular complexity index is 147. The zero-order chi connectivity index (χ0) is 8.81. The Morgan fingerprint density at radius 3 is 2.92 bits per heavy atom. The van der Waals surface area contributed by atoms with Gasteiger partial charge in [0.05, 0.1) is 5.92 Å². The third kappa shape index (κ3) is 4.48. The van der Waals surface area contributed by atoms with E-state index in [1.165, 1.54) is 0 Å². The topological polar surface area (TPSA) is 41.1 Å². The highest BCUT2D eigenvalue weighted by molar-refractivity contribution is 5.85. The van der Waals surface area contributed by atoms with Gasteiger partial charge in [-0.1, -0.05) is 6.92 Å². The minimum Gasteiger partial charge on any atom is -0.356 e. The Hall–Kier alpha value is -0.280. The molecule has 0 aromatic carbocycles. The average molecular weight is 207 g/mol. The second kappa shape index (κ2) is 7.15. The molecule has 0 aromatic heterocycles. The van der Waals surface area contributed by atoms with Crippen LogP contribution in [0.1, 0.15) is 26.2 Å². The molecule has 1 fully saturated rings. The summed E-state index contributed by atoms with van der Waals surface area (Å²) in [7, 11) is 0. The first-order chi connectivity index (χ1) is 5.84. The van der Waals surface area contributed by atoms with Gasteiger partial charge in [0.1, 0.15) is 0 Å². The summed E-state index contributed by atoms with van der Waals surface area (Å²) >= 11 is 0. The third-order valence-corrected chi connectivity index (χ3v) is 2.22. The van der Waals surface area contributed by atoms with Crippen molar-refractivity contribution in [2.24, 2.45) is 5.92 Å². The summed E-state index contributed by atoms with van der Waals surface area (Å²) < 4.78 is 0. The molecule has 1 heterocycles. The Morgan fingerprint density at radius 2 is 2.38 bits per heavy atom. The first-order valence-corrected chi connectivity index (χ1v) is 4.83. The highest BCUT2D eigenvalue weighted by atomic mass is 35.5. The first kappa shape index (κ1) is 12.7. The van der Waals surface area contributed by atoms with Crippen molar-refractivity contribution in [1.29, 1.82) is 0 Å². The van der Waals surface area contributed by atoms with E-state index in [4.69, 9.17) is 0 Å². The van der Waals surface area contributed by atoms with Crippen molar-refractivity contribution in [3.8, 4) is 0 Å². The molecule has 78 valence electrons. The van der Waals surface area contributed by atoms with E-state index in [1.54, 1.807) is 0 Å². The Balaban J connectivity index is 0.00000144. The molecule has 1 saturated heterocycles. The van der Waals surface area contributed by atoms with Crippen LogP contribution in [0.4, 0.5) is 0 Å². The van der Waals surface area contributed by atoms with E-state index in [-0.39, 0.29) is 24.2 Å². The number of rotatable bonds is 3. The first-order valence-electron chi connectivity index (χ1n) is 4.83. The lowest BCUT2D eigenvalue weighted by atomic mass is 9.99. The highest BCUT2D eigenvalue weighted by Gasteiger charge is 2.19. The molecule has 0 aliphatic carbocycles. The number of halogens is 1. The smallest absolute Gasteiger partial charge is 0.224 e. The lowest BCUT2D eigenvalue weighted by molar-refractivity contribution is -0.125. The number of carbonyl (C=O) groups is 1. The molecule has 1 aliphatic rings. The van der Waals surface area contributed by atoms with E-state index in [1.807, 2.05) is 0 Å². The fourth-order valence-electron chi connectivity index (χ4n) is 1.47. The molecule has 1 unspecified atom stereocenters. The molecule has 0 aromatic rings. The van der Waals surface area contributed by atoms with Gasteiger partial charge in [-0.05, 0) is 25.8 Å². The molecule has 1 atom stereocenters. The van der Waals surface area contributed by atoms with E-state index in [0.29, 0.717) is 0 Å². The van der Waals surface area contributed by atoms with Crippen molar-refractivity contribution >= 4 is 18.3 Å². The quantitative estimate of drug-likeness (QED) is 0.722. The lowest BCUT2D eigenvalue weighted by Gasteiger charge is -2.21. The minimum atomic E-state index is 0. The van der Waals surface area contributed by atoms with Gasteiger partial charge in [-0.25, -0.2) is 0 Å². The van der Waals surface area contributed by atoms with Gasteiger partial charge >= 0.3 is 0 Å². The maximum absolute atomic E-state index is 11.4. The van der Waals surface area contributed by atoms with E-state index < -0.39 is 0 Å². The van der Waals surface area contributed by atoms with Crippen LogP contribution in [0.3, 0.4) is 0 Å².